The lowest BCUT2D eigenvalue weighted by Gasteiger charge is -2.09. The van der Waals surface area contributed by atoms with Crippen molar-refractivity contribution in [1.29, 1.82) is 0 Å². The lowest BCUT2D eigenvalue weighted by molar-refractivity contribution is -0.115. The second-order valence-electron chi connectivity index (χ2n) is 4.55. The van der Waals surface area contributed by atoms with Gasteiger partial charge in [-0.25, -0.2) is 0 Å². The number of amides is 1. The van der Waals surface area contributed by atoms with Crippen molar-refractivity contribution in [2.24, 2.45) is 0 Å². The summed E-state index contributed by atoms with van der Waals surface area (Å²) in [6.45, 7) is 4.03. The van der Waals surface area contributed by atoms with Crippen molar-refractivity contribution in [3.05, 3.63) is 78.4 Å². The van der Waals surface area contributed by atoms with Crippen LogP contribution in [0.3, 0.4) is 0 Å². The Kier molecular flexibility index (Phi) is 4.94. The molecule has 0 spiro atoms. The van der Waals surface area contributed by atoms with Gasteiger partial charge in [-0.05, 0) is 23.3 Å². The zero-order valence-electron chi connectivity index (χ0n) is 11.8. The molecule has 2 aromatic carbocycles. The summed E-state index contributed by atoms with van der Waals surface area (Å²) in [4.78, 5) is 12.4. The van der Waals surface area contributed by atoms with Crippen LogP contribution in [0.4, 0.5) is 5.69 Å². The Hall–Kier alpha value is -2.81. The highest BCUT2D eigenvalue weighted by Crippen LogP contribution is 2.21. The molecule has 106 valence electrons. The molecule has 0 aliphatic rings. The third-order valence-electron chi connectivity index (χ3n) is 3.03. The smallest absolute Gasteiger partial charge is 0.252 e. The Balaban J connectivity index is 2.43. The minimum Gasteiger partial charge on any atom is -0.398 e. The summed E-state index contributed by atoms with van der Waals surface area (Å²) in [6, 6.07) is 17.0. The molecule has 0 atom stereocenters. The topological polar surface area (TPSA) is 55.1 Å². The number of hydrogen-bond acceptors (Lipinski definition) is 2. The van der Waals surface area contributed by atoms with Crippen LogP contribution in [0.15, 0.2) is 67.3 Å². The van der Waals surface area contributed by atoms with E-state index in [4.69, 9.17) is 5.73 Å². The van der Waals surface area contributed by atoms with Crippen molar-refractivity contribution in [3.63, 3.8) is 0 Å². The van der Waals surface area contributed by atoms with Crippen LogP contribution in [-0.2, 0) is 4.79 Å². The van der Waals surface area contributed by atoms with Gasteiger partial charge >= 0.3 is 0 Å². The van der Waals surface area contributed by atoms with E-state index in [-0.39, 0.29) is 5.91 Å². The van der Waals surface area contributed by atoms with Gasteiger partial charge in [-0.3, -0.25) is 4.79 Å². The van der Waals surface area contributed by atoms with Crippen LogP contribution in [0.25, 0.3) is 11.6 Å². The van der Waals surface area contributed by atoms with E-state index in [0.717, 1.165) is 11.1 Å². The van der Waals surface area contributed by atoms with Gasteiger partial charge in [-0.1, -0.05) is 54.6 Å². The lowest BCUT2D eigenvalue weighted by Crippen LogP contribution is -2.24. The monoisotopic (exact) mass is 278 g/mol. The maximum Gasteiger partial charge on any atom is 0.252 e. The van der Waals surface area contributed by atoms with Gasteiger partial charge in [0.05, 0.1) is 0 Å². The molecule has 3 nitrogen and oxygen atoms in total. The van der Waals surface area contributed by atoms with E-state index in [1.807, 2.05) is 60.7 Å². The summed E-state index contributed by atoms with van der Waals surface area (Å²) in [5.74, 6) is -0.149. The normalized spacial score (nSPS) is 11.0. The molecule has 0 aromatic heterocycles. The highest BCUT2D eigenvalue weighted by Gasteiger charge is 2.11. The zero-order chi connectivity index (χ0) is 15.1. The number of rotatable bonds is 5. The number of anilines is 1. The van der Waals surface area contributed by atoms with E-state index in [2.05, 4.69) is 11.9 Å². The van der Waals surface area contributed by atoms with Crippen molar-refractivity contribution in [1.82, 2.24) is 5.32 Å². The van der Waals surface area contributed by atoms with Gasteiger partial charge in [0.25, 0.3) is 5.91 Å². The fraction of sp³-hybridized carbons (Fsp3) is 0.0556. The second-order valence-corrected chi connectivity index (χ2v) is 4.55. The van der Waals surface area contributed by atoms with Crippen LogP contribution < -0.4 is 11.1 Å². The summed E-state index contributed by atoms with van der Waals surface area (Å²) in [5, 5.41) is 2.80. The van der Waals surface area contributed by atoms with E-state index in [9.17, 15) is 4.79 Å². The molecule has 0 radical (unpaired) electrons. The number of benzene rings is 2. The number of para-hydroxylation sites is 1. The molecule has 1 amide bonds. The van der Waals surface area contributed by atoms with Crippen molar-refractivity contribution < 1.29 is 4.79 Å². The van der Waals surface area contributed by atoms with Crippen LogP contribution in [0.2, 0.25) is 0 Å². The average molecular weight is 278 g/mol. The Morgan fingerprint density at radius 2 is 1.76 bits per heavy atom. The van der Waals surface area contributed by atoms with E-state index in [0.29, 0.717) is 17.8 Å². The summed E-state index contributed by atoms with van der Waals surface area (Å²) in [6.07, 6.45) is 3.46. The van der Waals surface area contributed by atoms with Crippen LogP contribution in [-0.4, -0.2) is 12.5 Å². The van der Waals surface area contributed by atoms with Crippen LogP contribution in [0.1, 0.15) is 11.1 Å². The summed E-state index contributed by atoms with van der Waals surface area (Å²) in [7, 11) is 0. The second kappa shape index (κ2) is 7.10. The predicted octanol–water partition coefficient (Wildman–Crippen LogP) is 3.11. The first-order valence-electron chi connectivity index (χ1n) is 6.73. The highest BCUT2D eigenvalue weighted by molar-refractivity contribution is 6.24. The van der Waals surface area contributed by atoms with Crippen molar-refractivity contribution >= 4 is 23.2 Å². The fourth-order valence-corrected chi connectivity index (χ4v) is 1.96. The fourth-order valence-electron chi connectivity index (χ4n) is 1.96. The quantitative estimate of drug-likeness (QED) is 0.382. The third-order valence-corrected chi connectivity index (χ3v) is 3.03. The molecule has 0 saturated carbocycles. The van der Waals surface area contributed by atoms with Crippen LogP contribution >= 0.6 is 0 Å². The Labute approximate surface area is 124 Å². The molecule has 21 heavy (non-hydrogen) atoms. The molecule has 0 aliphatic carbocycles. The van der Waals surface area contributed by atoms with E-state index >= 15 is 0 Å². The molecule has 2 aromatic rings. The molecule has 0 unspecified atom stereocenters. The summed E-state index contributed by atoms with van der Waals surface area (Å²) in [5.41, 5.74) is 8.85. The lowest BCUT2D eigenvalue weighted by atomic mass is 10.0. The Bertz CT molecular complexity index is 660. The molecular weight excluding hydrogens is 260 g/mol. The maximum absolute atomic E-state index is 12.4. The molecule has 0 heterocycles. The summed E-state index contributed by atoms with van der Waals surface area (Å²) < 4.78 is 0. The zero-order valence-corrected chi connectivity index (χ0v) is 11.8. The van der Waals surface area contributed by atoms with Crippen molar-refractivity contribution in [3.8, 4) is 0 Å². The van der Waals surface area contributed by atoms with Crippen molar-refractivity contribution in [2.45, 2.75) is 0 Å². The minimum atomic E-state index is -0.149. The van der Waals surface area contributed by atoms with Gasteiger partial charge < -0.3 is 11.1 Å². The summed E-state index contributed by atoms with van der Waals surface area (Å²) >= 11 is 0. The van der Waals surface area contributed by atoms with E-state index in [1.54, 1.807) is 6.08 Å². The highest BCUT2D eigenvalue weighted by atomic mass is 16.1. The van der Waals surface area contributed by atoms with Gasteiger partial charge in [0.2, 0.25) is 0 Å². The number of hydrogen-bond donors (Lipinski definition) is 2. The van der Waals surface area contributed by atoms with Gasteiger partial charge in [0.15, 0.2) is 0 Å². The first kappa shape index (κ1) is 14.6. The average Bonchev–Trinajstić information content (AvgIpc) is 2.52. The number of nitrogen functional groups attached to an aromatic ring is 1. The van der Waals surface area contributed by atoms with Gasteiger partial charge in [-0.2, -0.15) is 0 Å². The maximum atomic E-state index is 12.4. The molecular formula is C18H18N2O. The first-order chi connectivity index (χ1) is 10.2. The minimum absolute atomic E-state index is 0.149. The molecule has 2 rings (SSSR count). The van der Waals surface area contributed by atoms with Gasteiger partial charge in [0.1, 0.15) is 0 Å². The van der Waals surface area contributed by atoms with Crippen LogP contribution in [0, 0.1) is 0 Å². The van der Waals surface area contributed by atoms with E-state index in [1.165, 1.54) is 0 Å². The molecule has 3 N–H and O–H groups in total. The largest absolute Gasteiger partial charge is 0.398 e. The van der Waals surface area contributed by atoms with Gasteiger partial charge in [0, 0.05) is 17.8 Å². The predicted molar refractivity (Wildman–Crippen MR) is 88.4 cm³/mol. The SMILES string of the molecule is C=CCNC(=O)/C(=C/c1ccccc1N)c1ccccc1. The number of carbonyl (C=O) groups is 1. The Morgan fingerprint density at radius 3 is 2.43 bits per heavy atom. The number of carbonyl (C=O) groups excluding carboxylic acids is 1. The molecule has 0 bridgehead atoms. The van der Waals surface area contributed by atoms with E-state index < -0.39 is 0 Å². The molecule has 0 saturated heterocycles. The third kappa shape index (κ3) is 3.83. The molecule has 0 aliphatic heterocycles. The first-order valence-corrected chi connectivity index (χ1v) is 6.73. The van der Waals surface area contributed by atoms with Gasteiger partial charge in [-0.15, -0.1) is 6.58 Å². The number of nitrogens with two attached hydrogens (primary N) is 1. The molecule has 3 heteroatoms. The van der Waals surface area contributed by atoms with Crippen LogP contribution in [0.5, 0.6) is 0 Å². The molecule has 0 fully saturated rings. The number of nitrogens with one attached hydrogen (secondary N) is 1. The van der Waals surface area contributed by atoms with Crippen molar-refractivity contribution in [2.75, 3.05) is 12.3 Å². The standard InChI is InChI=1S/C18H18N2O/c1-2-12-20-18(21)16(14-8-4-3-5-9-14)13-15-10-6-7-11-17(15)19/h2-11,13H,1,12,19H2,(H,20,21)/b16-13+. The Morgan fingerprint density at radius 1 is 1.10 bits per heavy atom.